The van der Waals surface area contributed by atoms with Crippen molar-refractivity contribution in [2.45, 2.75) is 58.8 Å². The molecule has 1 aliphatic rings. The number of benzene rings is 2. The zero-order valence-corrected chi connectivity index (χ0v) is 17.5. The lowest BCUT2D eigenvalue weighted by molar-refractivity contribution is -0.125. The predicted octanol–water partition coefficient (Wildman–Crippen LogP) is 5.70. The second-order valence-electron chi connectivity index (χ2n) is 9.08. The molecule has 0 spiro atoms. The molecule has 0 aromatic heterocycles. The van der Waals surface area contributed by atoms with Gasteiger partial charge in [-0.1, -0.05) is 50.3 Å². The van der Waals surface area contributed by atoms with Crippen molar-refractivity contribution in [3.8, 4) is 0 Å². The summed E-state index contributed by atoms with van der Waals surface area (Å²) in [7, 11) is 0. The van der Waals surface area contributed by atoms with E-state index in [0.29, 0.717) is 17.8 Å². The van der Waals surface area contributed by atoms with Crippen molar-refractivity contribution in [3.05, 3.63) is 69.3 Å². The van der Waals surface area contributed by atoms with Gasteiger partial charge in [0.1, 0.15) is 5.78 Å². The Bertz CT molecular complexity index is 1010. The van der Waals surface area contributed by atoms with Gasteiger partial charge in [-0.3, -0.25) is 4.79 Å². The summed E-state index contributed by atoms with van der Waals surface area (Å²) in [4.78, 5) is 23.8. The van der Waals surface area contributed by atoms with Gasteiger partial charge in [-0.15, -0.1) is 0 Å². The number of Topliss-reactive ketones (excluding diaryl/α,β-unsaturated/α-hetero) is 1. The van der Waals surface area contributed by atoms with Crippen LogP contribution in [-0.4, -0.2) is 16.9 Å². The number of aromatic carboxylic acids is 1. The normalized spacial score (nSPS) is 17.6. The molecule has 0 bridgehead atoms. The Kier molecular flexibility index (Phi) is 4.82. The Labute approximate surface area is 167 Å². The molecule has 1 aliphatic carbocycles. The van der Waals surface area contributed by atoms with Crippen molar-refractivity contribution < 1.29 is 14.7 Å². The first-order valence-corrected chi connectivity index (χ1v) is 9.64. The van der Waals surface area contributed by atoms with E-state index in [2.05, 4.69) is 39.0 Å². The van der Waals surface area contributed by atoms with E-state index in [1.165, 1.54) is 5.56 Å². The van der Waals surface area contributed by atoms with Gasteiger partial charge in [0.2, 0.25) is 0 Å². The fourth-order valence-corrected chi connectivity index (χ4v) is 4.07. The maximum absolute atomic E-state index is 12.7. The molecule has 1 N–H and O–H groups in total. The van der Waals surface area contributed by atoms with Gasteiger partial charge in [0, 0.05) is 11.8 Å². The standard InChI is InChI=1S/C25H28O3/c1-15-12-21-20(24(3,4)14-22(26)25(21,5)6)13-18(15)9-7-17-8-10-19(23(27)28)16(2)11-17/h7-13H,14H2,1-6H3,(H,27,28). The summed E-state index contributed by atoms with van der Waals surface area (Å²) in [5.41, 5.74) is 6.03. The molecule has 3 rings (SSSR count). The lowest BCUT2D eigenvalue weighted by atomic mass is 9.62. The minimum atomic E-state index is -0.905. The van der Waals surface area contributed by atoms with Crippen molar-refractivity contribution >= 4 is 23.9 Å². The summed E-state index contributed by atoms with van der Waals surface area (Å²) < 4.78 is 0. The highest BCUT2D eigenvalue weighted by Gasteiger charge is 2.43. The van der Waals surface area contributed by atoms with Crippen LogP contribution >= 0.6 is 0 Å². The van der Waals surface area contributed by atoms with Gasteiger partial charge in [-0.25, -0.2) is 4.79 Å². The van der Waals surface area contributed by atoms with Crippen LogP contribution in [0.4, 0.5) is 0 Å². The van der Waals surface area contributed by atoms with Crippen LogP contribution in [0.3, 0.4) is 0 Å². The van der Waals surface area contributed by atoms with Crippen LogP contribution in [-0.2, 0) is 15.6 Å². The predicted molar refractivity (Wildman–Crippen MR) is 114 cm³/mol. The quantitative estimate of drug-likeness (QED) is 0.699. The molecule has 0 heterocycles. The number of hydrogen-bond acceptors (Lipinski definition) is 2. The van der Waals surface area contributed by atoms with Gasteiger partial charge in [0.25, 0.3) is 0 Å². The monoisotopic (exact) mass is 376 g/mol. The van der Waals surface area contributed by atoms with Gasteiger partial charge in [-0.05, 0) is 72.6 Å². The lowest BCUT2D eigenvalue weighted by Gasteiger charge is -2.41. The fraction of sp³-hybridized carbons (Fsp3) is 0.360. The molecule has 0 unspecified atom stereocenters. The number of carbonyl (C=O) groups is 2. The molecule has 3 heteroatoms. The van der Waals surface area contributed by atoms with Crippen LogP contribution in [0.1, 0.15) is 77.9 Å². The van der Waals surface area contributed by atoms with E-state index >= 15 is 0 Å². The van der Waals surface area contributed by atoms with E-state index in [0.717, 1.165) is 27.8 Å². The van der Waals surface area contributed by atoms with Crippen LogP contribution in [0, 0.1) is 13.8 Å². The third-order valence-electron chi connectivity index (χ3n) is 6.04. The van der Waals surface area contributed by atoms with Gasteiger partial charge in [-0.2, -0.15) is 0 Å². The third kappa shape index (κ3) is 3.42. The van der Waals surface area contributed by atoms with Crippen molar-refractivity contribution in [1.29, 1.82) is 0 Å². The maximum atomic E-state index is 12.7. The number of carboxylic acid groups (broad SMARTS) is 1. The number of fused-ring (bicyclic) bond motifs is 1. The Hall–Kier alpha value is -2.68. The average molecular weight is 376 g/mol. The number of hydrogen-bond donors (Lipinski definition) is 1. The molecule has 0 saturated heterocycles. The van der Waals surface area contributed by atoms with E-state index in [-0.39, 0.29) is 5.41 Å². The molecule has 0 atom stereocenters. The SMILES string of the molecule is Cc1cc2c(cc1C=Cc1ccc(C(=O)O)c(C)c1)C(C)(C)CC(=O)C2(C)C. The molecule has 3 nitrogen and oxygen atoms in total. The van der Waals surface area contributed by atoms with Gasteiger partial charge < -0.3 is 5.11 Å². The number of rotatable bonds is 3. The zero-order valence-electron chi connectivity index (χ0n) is 17.5. The molecule has 0 amide bonds. The largest absolute Gasteiger partial charge is 0.478 e. The van der Waals surface area contributed by atoms with Crippen LogP contribution in [0.5, 0.6) is 0 Å². The van der Waals surface area contributed by atoms with Crippen LogP contribution in [0.15, 0.2) is 30.3 Å². The summed E-state index contributed by atoms with van der Waals surface area (Å²) in [5.74, 6) is -0.611. The van der Waals surface area contributed by atoms with Gasteiger partial charge in [0.05, 0.1) is 5.56 Å². The van der Waals surface area contributed by atoms with Crippen molar-refractivity contribution in [1.82, 2.24) is 0 Å². The number of ketones is 1. The average Bonchev–Trinajstić information content (AvgIpc) is 2.58. The Morgan fingerprint density at radius 3 is 2.25 bits per heavy atom. The summed E-state index contributed by atoms with van der Waals surface area (Å²) in [6.07, 6.45) is 4.64. The first-order valence-electron chi connectivity index (χ1n) is 9.64. The molecule has 0 saturated carbocycles. The number of aryl methyl sites for hydroxylation is 2. The van der Waals surface area contributed by atoms with Crippen LogP contribution < -0.4 is 0 Å². The highest BCUT2D eigenvalue weighted by atomic mass is 16.4. The zero-order chi connectivity index (χ0) is 20.9. The topological polar surface area (TPSA) is 54.4 Å². The van der Waals surface area contributed by atoms with E-state index < -0.39 is 11.4 Å². The maximum Gasteiger partial charge on any atom is 0.335 e. The first-order chi connectivity index (χ1) is 12.9. The molecule has 146 valence electrons. The highest BCUT2D eigenvalue weighted by molar-refractivity contribution is 5.93. The van der Waals surface area contributed by atoms with E-state index in [1.54, 1.807) is 6.07 Å². The summed E-state index contributed by atoms with van der Waals surface area (Å²) >= 11 is 0. The van der Waals surface area contributed by atoms with Crippen LogP contribution in [0.2, 0.25) is 0 Å². The Balaban J connectivity index is 2.03. The third-order valence-corrected chi connectivity index (χ3v) is 6.04. The summed E-state index contributed by atoms with van der Waals surface area (Å²) in [5, 5.41) is 9.18. The minimum Gasteiger partial charge on any atom is -0.478 e. The van der Waals surface area contributed by atoms with Gasteiger partial charge in [0.15, 0.2) is 0 Å². The number of carboxylic acids is 1. The van der Waals surface area contributed by atoms with Crippen molar-refractivity contribution in [2.24, 2.45) is 0 Å². The highest BCUT2D eigenvalue weighted by Crippen LogP contribution is 2.44. The summed E-state index contributed by atoms with van der Waals surface area (Å²) in [6.45, 7) is 12.2. The summed E-state index contributed by atoms with van der Waals surface area (Å²) in [6, 6.07) is 9.74. The fourth-order valence-electron chi connectivity index (χ4n) is 4.07. The smallest absolute Gasteiger partial charge is 0.335 e. The first kappa shape index (κ1) is 20.1. The molecular weight excluding hydrogens is 348 g/mol. The molecule has 0 fully saturated rings. The van der Waals surface area contributed by atoms with E-state index in [9.17, 15) is 14.7 Å². The van der Waals surface area contributed by atoms with Crippen molar-refractivity contribution in [3.63, 3.8) is 0 Å². The second-order valence-corrected chi connectivity index (χ2v) is 9.08. The number of carbonyl (C=O) groups excluding carboxylic acids is 1. The molecule has 28 heavy (non-hydrogen) atoms. The second kappa shape index (κ2) is 6.73. The molecule has 0 radical (unpaired) electrons. The van der Waals surface area contributed by atoms with E-state index in [1.807, 2.05) is 39.0 Å². The lowest BCUT2D eigenvalue weighted by Crippen LogP contribution is -2.42. The molecule has 0 aliphatic heterocycles. The molecule has 2 aromatic rings. The van der Waals surface area contributed by atoms with Crippen LogP contribution in [0.25, 0.3) is 12.2 Å². The van der Waals surface area contributed by atoms with E-state index in [4.69, 9.17) is 0 Å². The van der Waals surface area contributed by atoms with Crippen molar-refractivity contribution in [2.75, 3.05) is 0 Å². The molecular formula is C25H28O3. The van der Waals surface area contributed by atoms with Gasteiger partial charge >= 0.3 is 5.97 Å². The Morgan fingerprint density at radius 2 is 1.64 bits per heavy atom. The Morgan fingerprint density at radius 1 is 0.964 bits per heavy atom. The minimum absolute atomic E-state index is 0.183. The molecule has 2 aromatic carbocycles.